The second-order valence-corrected chi connectivity index (χ2v) is 3.84. The van der Waals surface area contributed by atoms with Gasteiger partial charge in [-0.3, -0.25) is 4.79 Å². The average Bonchev–Trinajstić information content (AvgIpc) is 2.03. The second-order valence-electron chi connectivity index (χ2n) is 3.84. The predicted molar refractivity (Wildman–Crippen MR) is 53.2 cm³/mol. The molecule has 0 aromatic rings. The third kappa shape index (κ3) is 3.19. The van der Waals surface area contributed by atoms with E-state index in [-0.39, 0.29) is 11.9 Å². The molecule has 0 spiro atoms. The highest BCUT2D eigenvalue weighted by atomic mass is 16.2. The molecule has 1 unspecified atom stereocenters. The van der Waals surface area contributed by atoms with Gasteiger partial charge in [-0.25, -0.2) is 0 Å². The molecule has 0 saturated carbocycles. The minimum absolute atomic E-state index is 0.0290. The van der Waals surface area contributed by atoms with E-state index in [1.165, 1.54) is 5.57 Å². The first-order valence-electron chi connectivity index (χ1n) is 4.78. The Kier molecular flexibility index (Phi) is 3.48. The number of hydrogen-bond donors (Lipinski definition) is 1. The topological polar surface area (TPSA) is 46.3 Å². The molecule has 0 bridgehead atoms. The van der Waals surface area contributed by atoms with Crippen LogP contribution in [0.1, 0.15) is 26.7 Å². The molecule has 1 atom stereocenters. The van der Waals surface area contributed by atoms with Gasteiger partial charge in [-0.1, -0.05) is 11.6 Å². The van der Waals surface area contributed by atoms with Crippen LogP contribution in [0, 0.1) is 0 Å². The highest BCUT2D eigenvalue weighted by molar-refractivity contribution is 5.77. The maximum absolute atomic E-state index is 11.6. The Morgan fingerprint density at radius 3 is 3.00 bits per heavy atom. The number of carbonyl (C=O) groups excluding carboxylic acids is 1. The zero-order valence-corrected chi connectivity index (χ0v) is 8.42. The molecule has 0 aromatic heterocycles. The summed E-state index contributed by atoms with van der Waals surface area (Å²) in [6.07, 6.45) is 3.64. The highest BCUT2D eigenvalue weighted by Gasteiger charge is 2.16. The summed E-state index contributed by atoms with van der Waals surface area (Å²) in [4.78, 5) is 13.5. The molecule has 1 aliphatic heterocycles. The first-order chi connectivity index (χ1) is 6.09. The van der Waals surface area contributed by atoms with Crippen molar-refractivity contribution >= 4 is 5.91 Å². The van der Waals surface area contributed by atoms with Crippen LogP contribution in [-0.2, 0) is 4.79 Å². The quantitative estimate of drug-likeness (QED) is 0.645. The molecular formula is C10H18N2O. The van der Waals surface area contributed by atoms with Crippen LogP contribution in [0.5, 0.6) is 0 Å². The lowest BCUT2D eigenvalue weighted by Crippen LogP contribution is -2.38. The van der Waals surface area contributed by atoms with E-state index < -0.39 is 0 Å². The summed E-state index contributed by atoms with van der Waals surface area (Å²) in [5, 5.41) is 0. The van der Waals surface area contributed by atoms with Crippen molar-refractivity contribution in [1.29, 1.82) is 0 Å². The SMILES string of the molecule is CC1=CCCN(C(=O)CC(C)N)C1. The Morgan fingerprint density at radius 2 is 2.46 bits per heavy atom. The largest absolute Gasteiger partial charge is 0.338 e. The molecule has 3 nitrogen and oxygen atoms in total. The molecule has 13 heavy (non-hydrogen) atoms. The molecule has 0 aromatic carbocycles. The fraction of sp³-hybridized carbons (Fsp3) is 0.700. The van der Waals surface area contributed by atoms with Gasteiger partial charge in [0.15, 0.2) is 0 Å². The van der Waals surface area contributed by atoms with Crippen molar-refractivity contribution in [2.45, 2.75) is 32.7 Å². The van der Waals surface area contributed by atoms with Crippen LogP contribution in [0.25, 0.3) is 0 Å². The standard InChI is InChI=1S/C10H18N2O/c1-8-4-3-5-12(7-8)10(13)6-9(2)11/h4,9H,3,5-7,11H2,1-2H3. The number of amides is 1. The van der Waals surface area contributed by atoms with Crippen LogP contribution in [0.3, 0.4) is 0 Å². The molecule has 1 rings (SSSR count). The van der Waals surface area contributed by atoms with Gasteiger partial charge in [-0.2, -0.15) is 0 Å². The maximum Gasteiger partial charge on any atom is 0.224 e. The summed E-state index contributed by atoms with van der Waals surface area (Å²) < 4.78 is 0. The zero-order valence-electron chi connectivity index (χ0n) is 8.42. The van der Waals surface area contributed by atoms with Crippen LogP contribution in [0.4, 0.5) is 0 Å². The molecule has 74 valence electrons. The fourth-order valence-corrected chi connectivity index (χ4v) is 1.53. The minimum Gasteiger partial charge on any atom is -0.338 e. The number of rotatable bonds is 2. The van der Waals surface area contributed by atoms with Crippen LogP contribution in [-0.4, -0.2) is 29.9 Å². The number of nitrogens with zero attached hydrogens (tertiary/aromatic N) is 1. The van der Waals surface area contributed by atoms with Crippen molar-refractivity contribution in [3.05, 3.63) is 11.6 Å². The fourth-order valence-electron chi connectivity index (χ4n) is 1.53. The van der Waals surface area contributed by atoms with Gasteiger partial charge in [0.05, 0.1) is 0 Å². The van der Waals surface area contributed by atoms with Crippen LogP contribution >= 0.6 is 0 Å². The van der Waals surface area contributed by atoms with E-state index in [2.05, 4.69) is 13.0 Å². The van der Waals surface area contributed by atoms with E-state index in [1.54, 1.807) is 0 Å². The van der Waals surface area contributed by atoms with Crippen LogP contribution < -0.4 is 5.73 Å². The van der Waals surface area contributed by atoms with Crippen LogP contribution in [0.2, 0.25) is 0 Å². The number of carbonyl (C=O) groups is 1. The Labute approximate surface area is 79.6 Å². The van der Waals surface area contributed by atoms with Gasteiger partial charge in [-0.15, -0.1) is 0 Å². The summed E-state index contributed by atoms with van der Waals surface area (Å²) in [5.74, 6) is 0.183. The van der Waals surface area contributed by atoms with Crippen molar-refractivity contribution in [2.75, 3.05) is 13.1 Å². The number of hydrogen-bond acceptors (Lipinski definition) is 2. The van der Waals surface area contributed by atoms with E-state index in [9.17, 15) is 4.79 Å². The predicted octanol–water partition coefficient (Wildman–Crippen LogP) is 0.902. The third-order valence-corrected chi connectivity index (χ3v) is 2.18. The van der Waals surface area contributed by atoms with Gasteiger partial charge < -0.3 is 10.6 Å². The molecule has 0 radical (unpaired) electrons. The lowest BCUT2D eigenvalue weighted by molar-refractivity contribution is -0.131. The molecule has 1 heterocycles. The molecular weight excluding hydrogens is 164 g/mol. The summed E-state index contributed by atoms with van der Waals surface area (Å²) in [6.45, 7) is 5.56. The lowest BCUT2D eigenvalue weighted by atomic mass is 10.1. The molecule has 2 N–H and O–H groups in total. The first kappa shape index (κ1) is 10.3. The summed E-state index contributed by atoms with van der Waals surface area (Å²) in [6, 6.07) is -0.0290. The highest BCUT2D eigenvalue weighted by Crippen LogP contribution is 2.10. The van der Waals surface area contributed by atoms with E-state index in [4.69, 9.17) is 5.73 Å². The Morgan fingerprint density at radius 1 is 1.77 bits per heavy atom. The summed E-state index contributed by atoms with van der Waals surface area (Å²) in [5.41, 5.74) is 6.85. The van der Waals surface area contributed by atoms with Gasteiger partial charge >= 0.3 is 0 Å². The van der Waals surface area contributed by atoms with Gasteiger partial charge in [0.25, 0.3) is 0 Å². The third-order valence-electron chi connectivity index (χ3n) is 2.18. The van der Waals surface area contributed by atoms with Gasteiger partial charge in [0.1, 0.15) is 0 Å². The van der Waals surface area contributed by atoms with E-state index >= 15 is 0 Å². The van der Waals surface area contributed by atoms with Crippen molar-refractivity contribution in [1.82, 2.24) is 4.90 Å². The van der Waals surface area contributed by atoms with E-state index in [1.807, 2.05) is 11.8 Å². The average molecular weight is 182 g/mol. The van der Waals surface area contributed by atoms with Crippen molar-refractivity contribution in [3.8, 4) is 0 Å². The Hall–Kier alpha value is -0.830. The molecule has 0 saturated heterocycles. The first-order valence-corrected chi connectivity index (χ1v) is 4.78. The molecule has 1 aliphatic rings. The van der Waals surface area contributed by atoms with Gasteiger partial charge in [0.2, 0.25) is 5.91 Å². The van der Waals surface area contributed by atoms with E-state index in [0.29, 0.717) is 6.42 Å². The molecule has 3 heteroatoms. The van der Waals surface area contributed by atoms with E-state index in [0.717, 1.165) is 19.5 Å². The maximum atomic E-state index is 11.6. The smallest absolute Gasteiger partial charge is 0.224 e. The molecule has 0 aliphatic carbocycles. The van der Waals surface area contributed by atoms with Crippen LogP contribution in [0.15, 0.2) is 11.6 Å². The zero-order chi connectivity index (χ0) is 9.84. The summed E-state index contributed by atoms with van der Waals surface area (Å²) in [7, 11) is 0. The monoisotopic (exact) mass is 182 g/mol. The lowest BCUT2D eigenvalue weighted by Gasteiger charge is -2.26. The van der Waals surface area contributed by atoms with Crippen molar-refractivity contribution in [2.24, 2.45) is 5.73 Å². The van der Waals surface area contributed by atoms with Gasteiger partial charge in [-0.05, 0) is 20.3 Å². The molecule has 0 fully saturated rings. The molecule has 1 amide bonds. The Balaban J connectivity index is 2.44. The minimum atomic E-state index is -0.0290. The normalized spacial score (nSPS) is 19.6. The Bertz CT molecular complexity index is 221. The summed E-state index contributed by atoms with van der Waals surface area (Å²) >= 11 is 0. The second kappa shape index (κ2) is 4.42. The van der Waals surface area contributed by atoms with Crippen molar-refractivity contribution in [3.63, 3.8) is 0 Å². The van der Waals surface area contributed by atoms with Crippen molar-refractivity contribution < 1.29 is 4.79 Å². The van der Waals surface area contributed by atoms with Gasteiger partial charge in [0, 0.05) is 25.6 Å². The number of nitrogens with two attached hydrogens (primary N) is 1.